The minimum atomic E-state index is -3.16. The lowest BCUT2D eigenvalue weighted by molar-refractivity contribution is -0.116. The van der Waals surface area contributed by atoms with Crippen LogP contribution in [0.3, 0.4) is 0 Å². The Kier molecular flexibility index (Phi) is 5.98. The molecule has 1 saturated heterocycles. The molecule has 1 N–H and O–H groups in total. The van der Waals surface area contributed by atoms with Crippen molar-refractivity contribution in [1.29, 1.82) is 4.78 Å². The largest absolute Gasteiger partial charge is 0.477 e. The monoisotopic (exact) mass is 453 g/mol. The number of fused-ring (bicyclic) bond motifs is 1. The van der Waals surface area contributed by atoms with E-state index in [0.717, 1.165) is 11.1 Å². The Labute approximate surface area is 190 Å². The van der Waals surface area contributed by atoms with Gasteiger partial charge in [-0.15, -0.1) is 0 Å². The number of rotatable bonds is 5. The molecule has 0 spiro atoms. The van der Waals surface area contributed by atoms with Crippen LogP contribution in [0.15, 0.2) is 65.2 Å². The van der Waals surface area contributed by atoms with Crippen LogP contribution < -0.4 is 4.74 Å². The molecule has 2 unspecified atom stereocenters. The molecule has 1 aliphatic carbocycles. The third kappa shape index (κ3) is 4.50. The zero-order valence-corrected chi connectivity index (χ0v) is 19.8. The Hall–Kier alpha value is -2.51. The lowest BCUT2D eigenvalue weighted by Gasteiger charge is -2.46. The number of nitrogens with one attached hydrogen (secondary N) is 1. The van der Waals surface area contributed by atoms with Crippen LogP contribution in [0, 0.1) is 10.2 Å². The van der Waals surface area contributed by atoms with Gasteiger partial charge in [-0.25, -0.2) is 18.3 Å². The maximum atomic E-state index is 13.7. The first-order valence-electron chi connectivity index (χ1n) is 11.0. The number of carbonyl (C=O) groups excluding carboxylic acids is 1. The van der Waals surface area contributed by atoms with E-state index in [0.29, 0.717) is 49.7 Å². The first kappa shape index (κ1) is 22.7. The van der Waals surface area contributed by atoms with Crippen molar-refractivity contribution in [2.24, 2.45) is 5.41 Å². The molecule has 1 aromatic heterocycles. The number of benzene rings is 1. The van der Waals surface area contributed by atoms with Crippen LogP contribution in [-0.4, -0.2) is 39.0 Å². The number of piperidine rings is 1. The highest BCUT2D eigenvalue weighted by Crippen LogP contribution is 2.44. The van der Waals surface area contributed by atoms with Crippen LogP contribution in [0.25, 0.3) is 0 Å². The van der Waals surface area contributed by atoms with E-state index in [1.807, 2.05) is 36.4 Å². The minimum Gasteiger partial charge on any atom is -0.477 e. The molecule has 2 aromatic rings. The molecule has 32 heavy (non-hydrogen) atoms. The zero-order chi connectivity index (χ0) is 23.0. The predicted molar refractivity (Wildman–Crippen MR) is 125 cm³/mol. The SMILES string of the molecule is CC(C)(C)c1ccc(S(=N)(=O)N2CCC3=CC(=O)CCC3(COc3ccccn3)C2)cc1. The van der Waals surface area contributed by atoms with Crippen LogP contribution in [0.4, 0.5) is 0 Å². The molecule has 1 aliphatic heterocycles. The molecule has 0 saturated carbocycles. The summed E-state index contributed by atoms with van der Waals surface area (Å²) in [5.74, 6) is 0.658. The van der Waals surface area contributed by atoms with Gasteiger partial charge in [0, 0.05) is 37.2 Å². The number of pyridine rings is 1. The topological polar surface area (TPSA) is 83.4 Å². The summed E-state index contributed by atoms with van der Waals surface area (Å²) in [4.78, 5) is 16.9. The molecule has 4 rings (SSSR count). The molecular weight excluding hydrogens is 422 g/mol. The Balaban J connectivity index is 1.60. The molecule has 2 aliphatic rings. The van der Waals surface area contributed by atoms with E-state index >= 15 is 0 Å². The van der Waals surface area contributed by atoms with Crippen molar-refractivity contribution in [3.8, 4) is 5.88 Å². The van der Waals surface area contributed by atoms with Gasteiger partial charge in [-0.3, -0.25) is 4.79 Å². The van der Waals surface area contributed by atoms with Crippen molar-refractivity contribution in [3.63, 3.8) is 0 Å². The van der Waals surface area contributed by atoms with Crippen LogP contribution >= 0.6 is 0 Å². The highest BCUT2D eigenvalue weighted by Gasteiger charge is 2.45. The van der Waals surface area contributed by atoms with Gasteiger partial charge < -0.3 is 4.74 Å². The second-order valence-electron chi connectivity index (χ2n) is 9.79. The van der Waals surface area contributed by atoms with Gasteiger partial charge in [-0.2, -0.15) is 0 Å². The molecule has 0 amide bonds. The minimum absolute atomic E-state index is 0.00619. The fourth-order valence-corrected chi connectivity index (χ4v) is 6.07. The Morgan fingerprint density at radius 3 is 2.56 bits per heavy atom. The van der Waals surface area contributed by atoms with E-state index in [9.17, 15) is 9.00 Å². The standard InChI is InChI=1S/C25H31N3O3S/c1-24(2,3)19-7-9-22(10-8-19)32(26,30)28-15-12-20-16-21(29)11-13-25(20,17-28)18-31-23-6-4-5-14-27-23/h4-10,14,16,26H,11-13,15,17-18H2,1-3H3. The van der Waals surface area contributed by atoms with Gasteiger partial charge in [0.2, 0.25) is 5.88 Å². The van der Waals surface area contributed by atoms with Crippen LogP contribution in [0.2, 0.25) is 0 Å². The maximum absolute atomic E-state index is 13.7. The molecule has 2 heterocycles. The molecule has 170 valence electrons. The number of nitrogens with zero attached hydrogens (tertiary/aromatic N) is 2. The van der Waals surface area contributed by atoms with Gasteiger partial charge >= 0.3 is 0 Å². The summed E-state index contributed by atoms with van der Waals surface area (Å²) in [7, 11) is -3.16. The van der Waals surface area contributed by atoms with Gasteiger partial charge in [-0.05, 0) is 48.1 Å². The second-order valence-corrected chi connectivity index (χ2v) is 11.8. The van der Waals surface area contributed by atoms with Gasteiger partial charge in [0.25, 0.3) is 0 Å². The molecule has 1 aromatic carbocycles. The lowest BCUT2D eigenvalue weighted by Crippen LogP contribution is -2.51. The van der Waals surface area contributed by atoms with Crippen molar-refractivity contribution in [2.45, 2.75) is 50.3 Å². The number of carbonyl (C=O) groups is 1. The van der Waals surface area contributed by atoms with Crippen molar-refractivity contribution in [1.82, 2.24) is 9.29 Å². The number of aromatic nitrogens is 1. The maximum Gasteiger partial charge on any atom is 0.213 e. The number of hydrogen-bond acceptors (Lipinski definition) is 5. The third-order valence-corrected chi connectivity index (χ3v) is 8.46. The van der Waals surface area contributed by atoms with Gasteiger partial charge in [0.1, 0.15) is 16.5 Å². The van der Waals surface area contributed by atoms with E-state index in [1.54, 1.807) is 22.6 Å². The van der Waals surface area contributed by atoms with E-state index in [4.69, 9.17) is 9.52 Å². The normalized spacial score (nSPS) is 23.7. The van der Waals surface area contributed by atoms with Gasteiger partial charge in [0.15, 0.2) is 5.78 Å². The Morgan fingerprint density at radius 1 is 1.16 bits per heavy atom. The summed E-state index contributed by atoms with van der Waals surface area (Å²) in [6.07, 6.45) is 5.08. The highest BCUT2D eigenvalue weighted by molar-refractivity contribution is 7.90. The summed E-state index contributed by atoms with van der Waals surface area (Å²) in [6, 6.07) is 13.1. The average molecular weight is 454 g/mol. The second kappa shape index (κ2) is 8.45. The van der Waals surface area contributed by atoms with Crippen molar-refractivity contribution < 1.29 is 13.7 Å². The summed E-state index contributed by atoms with van der Waals surface area (Å²) in [5, 5.41) is 0. The number of ketones is 1. The fourth-order valence-electron chi connectivity index (χ4n) is 4.49. The van der Waals surface area contributed by atoms with Gasteiger partial charge in [0.05, 0.1) is 4.90 Å². The smallest absolute Gasteiger partial charge is 0.213 e. The molecule has 0 radical (unpaired) electrons. The Morgan fingerprint density at radius 2 is 1.91 bits per heavy atom. The molecular formula is C25H31N3O3S. The van der Waals surface area contributed by atoms with Crippen LogP contribution in [0.1, 0.15) is 45.6 Å². The zero-order valence-electron chi connectivity index (χ0n) is 19.0. The number of ether oxygens (including phenoxy) is 1. The van der Waals surface area contributed by atoms with Crippen molar-refractivity contribution in [3.05, 3.63) is 65.9 Å². The molecule has 0 bridgehead atoms. The molecule has 2 atom stereocenters. The molecule has 6 nitrogen and oxygen atoms in total. The first-order chi connectivity index (χ1) is 15.1. The highest BCUT2D eigenvalue weighted by atomic mass is 32.2. The summed E-state index contributed by atoms with van der Waals surface area (Å²) >= 11 is 0. The number of allylic oxidation sites excluding steroid dienone is 1. The van der Waals surface area contributed by atoms with Gasteiger partial charge in [-0.1, -0.05) is 44.5 Å². The first-order valence-corrected chi connectivity index (χ1v) is 12.5. The quantitative estimate of drug-likeness (QED) is 0.707. The van der Waals surface area contributed by atoms with Crippen molar-refractivity contribution in [2.75, 3.05) is 19.7 Å². The summed E-state index contributed by atoms with van der Waals surface area (Å²) in [6.45, 7) is 7.64. The van der Waals surface area contributed by atoms with E-state index < -0.39 is 15.3 Å². The average Bonchev–Trinajstić information content (AvgIpc) is 2.78. The third-order valence-electron chi connectivity index (χ3n) is 6.51. The summed E-state index contributed by atoms with van der Waals surface area (Å²) < 4.78 is 30.3. The number of hydrogen-bond donors (Lipinski definition) is 1. The lowest BCUT2D eigenvalue weighted by atomic mass is 9.69. The van der Waals surface area contributed by atoms with Crippen LogP contribution in [-0.2, 0) is 20.1 Å². The fraction of sp³-hybridized carbons (Fsp3) is 0.440. The Bertz CT molecular complexity index is 1120. The summed E-state index contributed by atoms with van der Waals surface area (Å²) in [5.41, 5.74) is 1.73. The predicted octanol–water partition coefficient (Wildman–Crippen LogP) is 4.76. The molecule has 1 fully saturated rings. The van der Waals surface area contributed by atoms with E-state index in [2.05, 4.69) is 25.8 Å². The van der Waals surface area contributed by atoms with E-state index in [1.165, 1.54) is 0 Å². The molecule has 7 heteroatoms. The van der Waals surface area contributed by atoms with Crippen LogP contribution in [0.5, 0.6) is 5.88 Å². The van der Waals surface area contributed by atoms with E-state index in [-0.39, 0.29) is 11.2 Å². The van der Waals surface area contributed by atoms with Crippen molar-refractivity contribution >= 4 is 15.7 Å².